The molecule has 84 valence electrons. The Morgan fingerprint density at radius 1 is 1.20 bits per heavy atom. The molecule has 0 N–H and O–H groups in total. The molecule has 3 aliphatic carbocycles. The zero-order valence-electron chi connectivity index (χ0n) is 10.4. The number of fused-ring (bicyclic) bond motifs is 3. The maximum Gasteiger partial charge on any atom is -0.0172 e. The summed E-state index contributed by atoms with van der Waals surface area (Å²) in [5.41, 5.74) is 2.25. The maximum absolute atomic E-state index is 4.35. The van der Waals surface area contributed by atoms with E-state index in [4.69, 9.17) is 0 Å². The van der Waals surface area contributed by atoms with Gasteiger partial charge >= 0.3 is 0 Å². The van der Waals surface area contributed by atoms with Crippen molar-refractivity contribution in [3.8, 4) is 0 Å². The first-order valence-electron chi connectivity index (χ1n) is 6.71. The van der Waals surface area contributed by atoms with Gasteiger partial charge in [0.15, 0.2) is 0 Å². The molecule has 5 atom stereocenters. The molecule has 0 heterocycles. The van der Waals surface area contributed by atoms with Gasteiger partial charge in [-0.25, -0.2) is 0 Å². The molecule has 0 bridgehead atoms. The normalized spacial score (nSPS) is 51.9. The first kappa shape index (κ1) is 9.93. The Balaban J connectivity index is 1.93. The molecule has 0 saturated heterocycles. The maximum atomic E-state index is 4.35. The largest absolute Gasteiger partial charge is 0.0996 e. The van der Waals surface area contributed by atoms with Gasteiger partial charge in [0.25, 0.3) is 0 Å². The molecular formula is C15H24. The van der Waals surface area contributed by atoms with Gasteiger partial charge in [-0.3, -0.25) is 0 Å². The number of hydrogen-bond acceptors (Lipinski definition) is 0. The van der Waals surface area contributed by atoms with Crippen molar-refractivity contribution in [2.24, 2.45) is 35.0 Å². The lowest BCUT2D eigenvalue weighted by Crippen LogP contribution is -2.18. The van der Waals surface area contributed by atoms with Gasteiger partial charge in [0, 0.05) is 0 Å². The molecule has 0 aromatic rings. The molecule has 3 unspecified atom stereocenters. The van der Waals surface area contributed by atoms with E-state index in [-0.39, 0.29) is 0 Å². The molecule has 0 spiro atoms. The smallest absolute Gasteiger partial charge is 0.0172 e. The van der Waals surface area contributed by atoms with Crippen molar-refractivity contribution in [3.05, 3.63) is 12.2 Å². The standard InChI is InChI=1S/C15H24/c1-9-6-8-12-14(15(12,3)4)13-10(2)5-7-11(9)13/h10-14H,1,5-8H2,2-4H3/t10?,11?,12-,13?,14-/m0/s1. The molecule has 0 amide bonds. The molecule has 0 aromatic carbocycles. The Hall–Kier alpha value is -0.260. The highest BCUT2D eigenvalue weighted by Crippen LogP contribution is 2.70. The second kappa shape index (κ2) is 2.90. The van der Waals surface area contributed by atoms with E-state index in [9.17, 15) is 0 Å². The van der Waals surface area contributed by atoms with E-state index in [0.29, 0.717) is 5.41 Å². The topological polar surface area (TPSA) is 0 Å². The van der Waals surface area contributed by atoms with Crippen LogP contribution < -0.4 is 0 Å². The summed E-state index contributed by atoms with van der Waals surface area (Å²) in [6.07, 6.45) is 5.63. The first-order chi connectivity index (χ1) is 7.03. The summed E-state index contributed by atoms with van der Waals surface area (Å²) in [6, 6.07) is 0. The molecule has 0 nitrogen and oxygen atoms in total. The van der Waals surface area contributed by atoms with Crippen LogP contribution in [0.2, 0.25) is 0 Å². The van der Waals surface area contributed by atoms with Gasteiger partial charge in [0.05, 0.1) is 0 Å². The quantitative estimate of drug-likeness (QED) is 0.517. The third-order valence-electron chi connectivity index (χ3n) is 5.91. The van der Waals surface area contributed by atoms with Crippen molar-refractivity contribution in [1.82, 2.24) is 0 Å². The molecule has 0 aliphatic heterocycles. The van der Waals surface area contributed by atoms with Crippen LogP contribution in [0.3, 0.4) is 0 Å². The van der Waals surface area contributed by atoms with Crippen molar-refractivity contribution in [2.75, 3.05) is 0 Å². The van der Waals surface area contributed by atoms with E-state index in [0.717, 1.165) is 29.6 Å². The minimum Gasteiger partial charge on any atom is -0.0996 e. The van der Waals surface area contributed by atoms with Crippen LogP contribution in [0.1, 0.15) is 46.5 Å². The summed E-state index contributed by atoms with van der Waals surface area (Å²) in [7, 11) is 0. The summed E-state index contributed by atoms with van der Waals surface area (Å²) in [5, 5.41) is 0. The van der Waals surface area contributed by atoms with E-state index in [2.05, 4.69) is 27.4 Å². The molecule has 0 radical (unpaired) electrons. The summed E-state index contributed by atoms with van der Waals surface area (Å²) in [6.45, 7) is 11.8. The van der Waals surface area contributed by atoms with Gasteiger partial charge < -0.3 is 0 Å². The molecule has 3 fully saturated rings. The molecule has 15 heavy (non-hydrogen) atoms. The van der Waals surface area contributed by atoms with Gasteiger partial charge in [-0.2, -0.15) is 0 Å². The highest BCUT2D eigenvalue weighted by Gasteiger charge is 2.64. The summed E-state index contributed by atoms with van der Waals surface area (Å²) < 4.78 is 0. The second-order valence-electron chi connectivity index (χ2n) is 6.89. The van der Waals surface area contributed by atoms with Crippen LogP contribution in [0.25, 0.3) is 0 Å². The Labute approximate surface area is 94.1 Å². The third kappa shape index (κ3) is 1.20. The van der Waals surface area contributed by atoms with Crippen molar-refractivity contribution in [2.45, 2.75) is 46.5 Å². The molecule has 3 aliphatic rings. The van der Waals surface area contributed by atoms with Crippen LogP contribution in [0.15, 0.2) is 12.2 Å². The van der Waals surface area contributed by atoms with Crippen molar-refractivity contribution in [1.29, 1.82) is 0 Å². The fourth-order valence-corrected chi connectivity index (χ4v) is 4.93. The minimum atomic E-state index is 0.655. The first-order valence-corrected chi connectivity index (χ1v) is 6.71. The average molecular weight is 204 g/mol. The number of allylic oxidation sites excluding steroid dienone is 1. The Morgan fingerprint density at radius 2 is 1.93 bits per heavy atom. The summed E-state index contributed by atoms with van der Waals surface area (Å²) in [4.78, 5) is 0. The lowest BCUT2D eigenvalue weighted by atomic mass is 9.80. The SMILES string of the molecule is C=C1CC[C@H]2[C@@H](C3C(C)CCC13)C2(C)C. The van der Waals surface area contributed by atoms with Crippen LogP contribution >= 0.6 is 0 Å². The van der Waals surface area contributed by atoms with Gasteiger partial charge in [-0.15, -0.1) is 0 Å². The van der Waals surface area contributed by atoms with Crippen LogP contribution in [-0.4, -0.2) is 0 Å². The second-order valence-corrected chi connectivity index (χ2v) is 6.89. The molecular weight excluding hydrogens is 180 g/mol. The molecule has 0 aromatic heterocycles. The van der Waals surface area contributed by atoms with E-state index < -0.39 is 0 Å². The van der Waals surface area contributed by atoms with Gasteiger partial charge in [-0.1, -0.05) is 32.9 Å². The number of rotatable bonds is 0. The van der Waals surface area contributed by atoms with Crippen molar-refractivity contribution >= 4 is 0 Å². The Bertz CT molecular complexity index is 299. The molecule has 3 rings (SSSR count). The predicted molar refractivity (Wildman–Crippen MR) is 64.5 cm³/mol. The third-order valence-corrected chi connectivity index (χ3v) is 5.91. The highest BCUT2D eigenvalue weighted by molar-refractivity contribution is 5.20. The van der Waals surface area contributed by atoms with E-state index >= 15 is 0 Å². The monoisotopic (exact) mass is 204 g/mol. The average Bonchev–Trinajstić information content (AvgIpc) is 2.55. The summed E-state index contributed by atoms with van der Waals surface area (Å²) >= 11 is 0. The van der Waals surface area contributed by atoms with Gasteiger partial charge in [0.1, 0.15) is 0 Å². The van der Waals surface area contributed by atoms with Crippen LogP contribution in [0.5, 0.6) is 0 Å². The zero-order chi connectivity index (χ0) is 10.8. The molecule has 3 saturated carbocycles. The van der Waals surface area contributed by atoms with Gasteiger partial charge in [-0.05, 0) is 60.7 Å². The lowest BCUT2D eigenvalue weighted by molar-refractivity contribution is 0.280. The van der Waals surface area contributed by atoms with E-state index in [1.165, 1.54) is 25.7 Å². The van der Waals surface area contributed by atoms with Crippen LogP contribution in [0, 0.1) is 35.0 Å². The zero-order valence-corrected chi connectivity index (χ0v) is 10.4. The fraction of sp³-hybridized carbons (Fsp3) is 0.867. The predicted octanol–water partition coefficient (Wildman–Crippen LogP) is 4.27. The van der Waals surface area contributed by atoms with E-state index in [1.807, 2.05) is 0 Å². The minimum absolute atomic E-state index is 0.655. The van der Waals surface area contributed by atoms with Gasteiger partial charge in [0.2, 0.25) is 0 Å². The van der Waals surface area contributed by atoms with Crippen molar-refractivity contribution < 1.29 is 0 Å². The lowest BCUT2D eigenvalue weighted by Gasteiger charge is -2.25. The summed E-state index contributed by atoms with van der Waals surface area (Å²) in [5.74, 6) is 4.87. The van der Waals surface area contributed by atoms with E-state index in [1.54, 1.807) is 5.57 Å². The Morgan fingerprint density at radius 3 is 2.67 bits per heavy atom. The molecule has 0 heteroatoms. The Kier molecular flexibility index (Phi) is 1.92. The van der Waals surface area contributed by atoms with Crippen molar-refractivity contribution in [3.63, 3.8) is 0 Å². The highest BCUT2D eigenvalue weighted by atomic mass is 14.7. The number of hydrogen-bond donors (Lipinski definition) is 0. The van der Waals surface area contributed by atoms with Crippen LogP contribution in [0.4, 0.5) is 0 Å². The fourth-order valence-electron chi connectivity index (χ4n) is 4.93. The van der Waals surface area contributed by atoms with Crippen LogP contribution in [-0.2, 0) is 0 Å².